The van der Waals surface area contributed by atoms with Gasteiger partial charge in [-0.05, 0) is 15.9 Å². The standard InChI is InChI=1S/C5H4BrN5O2S3/c6-2-1-8-4(14-2)11-16(12,13)5-10-9-3(7)15-5/h1H,(H2,7,9)(H,8,11). The first-order valence-corrected chi connectivity index (χ1v) is 7.61. The number of nitrogens with zero attached hydrogens (tertiary/aromatic N) is 3. The summed E-state index contributed by atoms with van der Waals surface area (Å²) >= 11 is 5.12. The van der Waals surface area contributed by atoms with Crippen LogP contribution in [0.15, 0.2) is 14.3 Å². The zero-order valence-electron chi connectivity index (χ0n) is 7.42. The van der Waals surface area contributed by atoms with Crippen molar-refractivity contribution in [3.63, 3.8) is 0 Å². The van der Waals surface area contributed by atoms with Crippen molar-refractivity contribution >= 4 is 58.9 Å². The van der Waals surface area contributed by atoms with Gasteiger partial charge in [0.1, 0.15) is 0 Å². The lowest BCUT2D eigenvalue weighted by atomic mass is 11.0. The Morgan fingerprint density at radius 3 is 2.62 bits per heavy atom. The van der Waals surface area contributed by atoms with Crippen LogP contribution in [0.3, 0.4) is 0 Å². The van der Waals surface area contributed by atoms with Gasteiger partial charge in [0.2, 0.25) is 5.13 Å². The third-order valence-electron chi connectivity index (χ3n) is 1.35. The molecule has 0 bridgehead atoms. The molecule has 0 unspecified atom stereocenters. The molecular weight excluding hydrogens is 338 g/mol. The van der Waals surface area contributed by atoms with Gasteiger partial charge in [-0.2, -0.15) is 8.42 Å². The number of sulfonamides is 1. The fraction of sp³-hybridized carbons (Fsp3) is 0. The Labute approximate surface area is 107 Å². The molecule has 11 heteroatoms. The molecular formula is C5H4BrN5O2S3. The predicted molar refractivity (Wildman–Crippen MR) is 64.9 cm³/mol. The summed E-state index contributed by atoms with van der Waals surface area (Å²) in [5.74, 6) is 0. The van der Waals surface area contributed by atoms with Crippen LogP contribution in [0.4, 0.5) is 10.3 Å². The Bertz CT molecular complexity index is 605. The summed E-state index contributed by atoms with van der Waals surface area (Å²) in [6.45, 7) is 0. The molecule has 16 heavy (non-hydrogen) atoms. The highest BCUT2D eigenvalue weighted by Gasteiger charge is 2.20. The lowest BCUT2D eigenvalue weighted by Gasteiger charge is -1.98. The van der Waals surface area contributed by atoms with Gasteiger partial charge < -0.3 is 5.73 Å². The highest BCUT2D eigenvalue weighted by atomic mass is 79.9. The zero-order valence-corrected chi connectivity index (χ0v) is 11.5. The van der Waals surface area contributed by atoms with Crippen molar-refractivity contribution in [2.45, 2.75) is 4.34 Å². The maximum absolute atomic E-state index is 11.7. The molecule has 0 aliphatic heterocycles. The van der Waals surface area contributed by atoms with Crippen molar-refractivity contribution in [1.82, 2.24) is 15.2 Å². The lowest BCUT2D eigenvalue weighted by molar-refractivity contribution is 0.599. The molecule has 0 spiro atoms. The normalized spacial score (nSPS) is 11.6. The molecule has 0 saturated heterocycles. The minimum atomic E-state index is -3.74. The lowest BCUT2D eigenvalue weighted by Crippen LogP contribution is -2.12. The van der Waals surface area contributed by atoms with Crippen LogP contribution in [0.25, 0.3) is 0 Å². The number of anilines is 2. The predicted octanol–water partition coefficient (Wildman–Crippen LogP) is 1.14. The molecule has 2 heterocycles. The number of nitrogens with two attached hydrogens (primary N) is 1. The van der Waals surface area contributed by atoms with Crippen LogP contribution in [0.5, 0.6) is 0 Å². The second-order valence-corrected chi connectivity index (χ2v) is 7.76. The van der Waals surface area contributed by atoms with Crippen molar-refractivity contribution in [2.75, 3.05) is 10.5 Å². The van der Waals surface area contributed by atoms with Gasteiger partial charge in [-0.3, -0.25) is 4.72 Å². The molecule has 2 aromatic rings. The smallest absolute Gasteiger partial charge is 0.293 e. The summed E-state index contributed by atoms with van der Waals surface area (Å²) in [4.78, 5) is 3.84. The number of hydrogen-bond acceptors (Lipinski definition) is 8. The Hall–Kier alpha value is -0.780. The van der Waals surface area contributed by atoms with Crippen LogP contribution >= 0.6 is 38.6 Å². The maximum Gasteiger partial charge on any atom is 0.293 e. The van der Waals surface area contributed by atoms with Crippen LogP contribution in [-0.2, 0) is 10.0 Å². The molecule has 0 saturated carbocycles. The summed E-state index contributed by atoms with van der Waals surface area (Å²) in [5, 5.41) is 7.23. The second-order valence-electron chi connectivity index (χ2n) is 2.48. The molecule has 0 aliphatic carbocycles. The molecule has 0 radical (unpaired) electrons. The van der Waals surface area contributed by atoms with Crippen LogP contribution in [0.1, 0.15) is 0 Å². The molecule has 7 nitrogen and oxygen atoms in total. The van der Waals surface area contributed by atoms with Gasteiger partial charge in [-0.1, -0.05) is 22.7 Å². The van der Waals surface area contributed by atoms with E-state index in [4.69, 9.17) is 5.73 Å². The monoisotopic (exact) mass is 341 g/mol. The Morgan fingerprint density at radius 2 is 2.12 bits per heavy atom. The van der Waals surface area contributed by atoms with E-state index in [1.807, 2.05) is 0 Å². The highest BCUT2D eigenvalue weighted by Crippen LogP contribution is 2.26. The minimum Gasteiger partial charge on any atom is -0.374 e. The first kappa shape index (κ1) is 11.7. The number of thiazole rings is 1. The van der Waals surface area contributed by atoms with Gasteiger partial charge in [0, 0.05) is 0 Å². The molecule has 0 amide bonds. The van der Waals surface area contributed by atoms with Gasteiger partial charge >= 0.3 is 0 Å². The summed E-state index contributed by atoms with van der Waals surface area (Å²) in [7, 11) is -3.74. The molecule has 0 fully saturated rings. The summed E-state index contributed by atoms with van der Waals surface area (Å²) in [5.41, 5.74) is 5.30. The van der Waals surface area contributed by atoms with Gasteiger partial charge in [-0.25, -0.2) is 4.98 Å². The minimum absolute atomic E-state index is 0.0979. The van der Waals surface area contributed by atoms with Gasteiger partial charge in [-0.15, -0.1) is 10.2 Å². The molecule has 3 N–H and O–H groups in total. The van der Waals surface area contributed by atoms with Crippen LogP contribution < -0.4 is 10.5 Å². The second kappa shape index (κ2) is 4.24. The summed E-state index contributed by atoms with van der Waals surface area (Å²) in [6, 6.07) is 0. The fourth-order valence-electron chi connectivity index (χ4n) is 0.789. The van der Waals surface area contributed by atoms with E-state index in [0.717, 1.165) is 26.5 Å². The van der Waals surface area contributed by atoms with Crippen LogP contribution in [0, 0.1) is 0 Å². The average Bonchev–Trinajstić information content (AvgIpc) is 2.75. The van der Waals surface area contributed by atoms with Crippen molar-refractivity contribution < 1.29 is 8.42 Å². The van der Waals surface area contributed by atoms with Gasteiger partial charge in [0.05, 0.1) is 9.98 Å². The number of halogens is 1. The number of hydrogen-bond donors (Lipinski definition) is 2. The van der Waals surface area contributed by atoms with E-state index in [-0.39, 0.29) is 14.6 Å². The van der Waals surface area contributed by atoms with Crippen molar-refractivity contribution in [2.24, 2.45) is 0 Å². The van der Waals surface area contributed by atoms with Crippen LogP contribution in [0.2, 0.25) is 0 Å². The van der Waals surface area contributed by atoms with E-state index in [0.29, 0.717) is 0 Å². The van der Waals surface area contributed by atoms with E-state index in [2.05, 4.69) is 35.8 Å². The largest absolute Gasteiger partial charge is 0.374 e. The van der Waals surface area contributed by atoms with Crippen molar-refractivity contribution in [1.29, 1.82) is 0 Å². The molecule has 86 valence electrons. The van der Waals surface area contributed by atoms with Crippen LogP contribution in [-0.4, -0.2) is 23.6 Å². The highest BCUT2D eigenvalue weighted by molar-refractivity contribution is 9.11. The first-order valence-electron chi connectivity index (χ1n) is 3.70. The average molecular weight is 342 g/mol. The third-order valence-corrected chi connectivity index (χ3v) is 5.33. The van der Waals surface area contributed by atoms with E-state index in [1.54, 1.807) is 0 Å². The number of rotatable bonds is 3. The third kappa shape index (κ3) is 2.48. The van der Waals surface area contributed by atoms with E-state index < -0.39 is 10.0 Å². The van der Waals surface area contributed by atoms with Gasteiger partial charge in [0.15, 0.2) is 5.13 Å². The van der Waals surface area contributed by atoms with E-state index in [1.165, 1.54) is 6.20 Å². The summed E-state index contributed by atoms with van der Waals surface area (Å²) < 4.78 is 26.2. The molecule has 0 atom stereocenters. The number of nitrogen functional groups attached to an aromatic ring is 1. The Kier molecular flexibility index (Phi) is 3.10. The molecule has 2 aromatic heterocycles. The maximum atomic E-state index is 11.7. The van der Waals surface area contributed by atoms with Gasteiger partial charge in [0.25, 0.3) is 14.4 Å². The number of nitrogens with one attached hydrogen (secondary N) is 1. The Morgan fingerprint density at radius 1 is 1.38 bits per heavy atom. The number of aromatic nitrogens is 3. The Balaban J connectivity index is 2.27. The topological polar surface area (TPSA) is 111 Å². The first-order chi connectivity index (χ1) is 7.47. The SMILES string of the molecule is Nc1nnc(S(=O)(=O)Nc2ncc(Br)s2)s1. The molecule has 0 aromatic carbocycles. The fourth-order valence-corrected chi connectivity index (χ4v) is 3.92. The van der Waals surface area contributed by atoms with Crippen molar-refractivity contribution in [3.8, 4) is 0 Å². The molecule has 2 rings (SSSR count). The van der Waals surface area contributed by atoms with E-state index >= 15 is 0 Å². The zero-order chi connectivity index (χ0) is 11.8. The molecule has 0 aliphatic rings. The van der Waals surface area contributed by atoms with Crippen molar-refractivity contribution in [3.05, 3.63) is 9.98 Å². The van der Waals surface area contributed by atoms with E-state index in [9.17, 15) is 8.42 Å². The quantitative estimate of drug-likeness (QED) is 0.865. The summed E-state index contributed by atoms with van der Waals surface area (Å²) in [6.07, 6.45) is 1.50.